The lowest BCUT2D eigenvalue weighted by Crippen LogP contribution is -2.22. The third-order valence-electron chi connectivity index (χ3n) is 5.07. The molecule has 2 aromatic heterocycles. The van der Waals surface area contributed by atoms with E-state index in [1.165, 1.54) is 5.56 Å². The minimum Gasteiger partial charge on any atom is -0.489 e. The summed E-state index contributed by atoms with van der Waals surface area (Å²) in [5, 5.41) is 3.04. The highest BCUT2D eigenvalue weighted by Crippen LogP contribution is 2.43. The number of benzene rings is 1. The molecule has 1 aromatic carbocycles. The fraction of sp³-hybridized carbons (Fsp3) is 0.227. The monoisotopic (exact) mass is 372 g/mol. The first-order valence-corrected chi connectivity index (χ1v) is 9.43. The first-order chi connectivity index (χ1) is 13.7. The Morgan fingerprint density at radius 2 is 1.86 bits per heavy atom. The third-order valence-corrected chi connectivity index (χ3v) is 5.07. The van der Waals surface area contributed by atoms with Crippen molar-refractivity contribution in [2.45, 2.75) is 32.4 Å². The predicted molar refractivity (Wildman–Crippen MR) is 107 cm³/mol. The Kier molecular flexibility index (Phi) is 3.97. The number of hydrogen-bond donors (Lipinski definition) is 1. The SMILES string of the molecule is Cc1ccc(OCc2ccnc3c2NC(=O)c2cccnc2N3C2CC2)cc1. The van der Waals surface area contributed by atoms with Gasteiger partial charge in [-0.3, -0.25) is 4.79 Å². The van der Waals surface area contributed by atoms with Gasteiger partial charge >= 0.3 is 0 Å². The van der Waals surface area contributed by atoms with Crippen LogP contribution in [0, 0.1) is 6.92 Å². The van der Waals surface area contributed by atoms with Crippen molar-refractivity contribution in [3.05, 3.63) is 71.5 Å². The normalized spacial score (nSPS) is 15.3. The van der Waals surface area contributed by atoms with Crippen LogP contribution in [-0.2, 0) is 6.61 Å². The van der Waals surface area contributed by atoms with Crippen LogP contribution in [0.3, 0.4) is 0 Å². The summed E-state index contributed by atoms with van der Waals surface area (Å²) >= 11 is 0. The number of aryl methyl sites for hydroxylation is 1. The van der Waals surface area contributed by atoms with Crippen molar-refractivity contribution in [3.63, 3.8) is 0 Å². The Morgan fingerprint density at radius 3 is 2.64 bits per heavy atom. The number of aromatic nitrogens is 2. The lowest BCUT2D eigenvalue weighted by Gasteiger charge is -2.24. The molecule has 6 nitrogen and oxygen atoms in total. The van der Waals surface area contributed by atoms with Gasteiger partial charge in [0.2, 0.25) is 0 Å². The summed E-state index contributed by atoms with van der Waals surface area (Å²) in [7, 11) is 0. The highest BCUT2D eigenvalue weighted by Gasteiger charge is 2.38. The van der Waals surface area contributed by atoms with E-state index in [1.54, 1.807) is 24.5 Å². The summed E-state index contributed by atoms with van der Waals surface area (Å²) in [6.45, 7) is 2.39. The number of ether oxygens (including phenoxy) is 1. The maximum atomic E-state index is 12.9. The summed E-state index contributed by atoms with van der Waals surface area (Å²) < 4.78 is 5.96. The van der Waals surface area contributed by atoms with Crippen molar-refractivity contribution in [2.24, 2.45) is 0 Å². The molecule has 0 saturated heterocycles. The van der Waals surface area contributed by atoms with Gasteiger partial charge in [0.05, 0.1) is 11.3 Å². The largest absolute Gasteiger partial charge is 0.489 e. The number of amides is 1. The Morgan fingerprint density at radius 1 is 1.07 bits per heavy atom. The maximum absolute atomic E-state index is 12.9. The van der Waals surface area contributed by atoms with Crippen LogP contribution in [0.4, 0.5) is 17.3 Å². The van der Waals surface area contributed by atoms with Gasteiger partial charge in [0.15, 0.2) is 5.82 Å². The number of carbonyl (C=O) groups is 1. The van der Waals surface area contributed by atoms with Crippen LogP contribution in [0.25, 0.3) is 0 Å². The molecule has 0 atom stereocenters. The van der Waals surface area contributed by atoms with Crippen LogP contribution < -0.4 is 15.0 Å². The van der Waals surface area contributed by atoms with Gasteiger partial charge in [0, 0.05) is 24.0 Å². The summed E-state index contributed by atoms with van der Waals surface area (Å²) in [6.07, 6.45) is 5.61. The number of carbonyl (C=O) groups excluding carboxylic acids is 1. The number of nitrogens with zero attached hydrogens (tertiary/aromatic N) is 3. The van der Waals surface area contributed by atoms with Crippen molar-refractivity contribution in [3.8, 4) is 5.75 Å². The van der Waals surface area contributed by atoms with Crippen molar-refractivity contribution in [1.82, 2.24) is 9.97 Å². The van der Waals surface area contributed by atoms with E-state index in [4.69, 9.17) is 4.74 Å². The van der Waals surface area contributed by atoms with Crippen molar-refractivity contribution < 1.29 is 9.53 Å². The van der Waals surface area contributed by atoms with Crippen LogP contribution in [0.2, 0.25) is 0 Å². The average molecular weight is 372 g/mol. The Labute approximate surface area is 163 Å². The summed E-state index contributed by atoms with van der Waals surface area (Å²) in [5.41, 5.74) is 3.34. The molecule has 6 heteroatoms. The van der Waals surface area contributed by atoms with Gasteiger partial charge in [-0.1, -0.05) is 17.7 Å². The molecule has 1 aliphatic heterocycles. The molecule has 0 unspecified atom stereocenters. The second-order valence-electron chi connectivity index (χ2n) is 7.20. The molecule has 0 bridgehead atoms. The molecule has 1 N–H and O–H groups in total. The fourth-order valence-corrected chi connectivity index (χ4v) is 3.45. The molecule has 5 rings (SSSR count). The zero-order valence-corrected chi connectivity index (χ0v) is 15.6. The highest BCUT2D eigenvalue weighted by atomic mass is 16.5. The van der Waals surface area contributed by atoms with Crippen molar-refractivity contribution in [2.75, 3.05) is 10.2 Å². The van der Waals surface area contributed by atoms with E-state index in [0.29, 0.717) is 29.7 Å². The van der Waals surface area contributed by atoms with Gasteiger partial charge in [-0.25, -0.2) is 9.97 Å². The Bertz CT molecular complexity index is 1040. The number of fused-ring (bicyclic) bond motifs is 2. The number of nitrogens with one attached hydrogen (secondary N) is 1. The van der Waals surface area contributed by atoms with Gasteiger partial charge in [0.25, 0.3) is 5.91 Å². The zero-order chi connectivity index (χ0) is 19.1. The lowest BCUT2D eigenvalue weighted by molar-refractivity contribution is 0.102. The van der Waals surface area contributed by atoms with Crippen molar-refractivity contribution in [1.29, 1.82) is 0 Å². The molecule has 1 aliphatic carbocycles. The van der Waals surface area contributed by atoms with Gasteiger partial charge < -0.3 is 15.0 Å². The smallest absolute Gasteiger partial charge is 0.259 e. The minimum absolute atomic E-state index is 0.169. The zero-order valence-electron chi connectivity index (χ0n) is 15.6. The highest BCUT2D eigenvalue weighted by molar-refractivity contribution is 6.11. The summed E-state index contributed by atoms with van der Waals surface area (Å²) in [6, 6.07) is 13.7. The predicted octanol–water partition coefficient (Wildman–Crippen LogP) is 4.23. The van der Waals surface area contributed by atoms with E-state index < -0.39 is 0 Å². The van der Waals surface area contributed by atoms with Crippen LogP contribution in [-0.4, -0.2) is 21.9 Å². The number of hydrogen-bond acceptors (Lipinski definition) is 5. The minimum atomic E-state index is -0.169. The molecule has 3 heterocycles. The Hall–Kier alpha value is -3.41. The van der Waals surface area contributed by atoms with E-state index in [0.717, 1.165) is 30.0 Å². The molecule has 28 heavy (non-hydrogen) atoms. The van der Waals surface area contributed by atoms with E-state index in [1.807, 2.05) is 37.3 Å². The molecule has 3 aromatic rings. The van der Waals surface area contributed by atoms with E-state index in [2.05, 4.69) is 20.2 Å². The van der Waals surface area contributed by atoms with Gasteiger partial charge in [-0.15, -0.1) is 0 Å². The first kappa shape index (κ1) is 16.7. The maximum Gasteiger partial charge on any atom is 0.259 e. The van der Waals surface area contributed by atoms with Gasteiger partial charge in [0.1, 0.15) is 18.2 Å². The van der Waals surface area contributed by atoms with Crippen LogP contribution in [0.1, 0.15) is 34.3 Å². The second kappa shape index (κ2) is 6.64. The summed E-state index contributed by atoms with van der Waals surface area (Å²) in [5.74, 6) is 2.03. The lowest BCUT2D eigenvalue weighted by atomic mass is 10.2. The molecular formula is C22H20N4O2. The number of pyridine rings is 2. The third kappa shape index (κ3) is 2.97. The molecule has 0 spiro atoms. The van der Waals surface area contributed by atoms with E-state index in [9.17, 15) is 4.79 Å². The number of rotatable bonds is 4. The first-order valence-electron chi connectivity index (χ1n) is 9.43. The average Bonchev–Trinajstić information content (AvgIpc) is 3.55. The van der Waals surface area contributed by atoms with Crippen LogP contribution >= 0.6 is 0 Å². The van der Waals surface area contributed by atoms with E-state index >= 15 is 0 Å². The van der Waals surface area contributed by atoms with Crippen molar-refractivity contribution >= 4 is 23.2 Å². The van der Waals surface area contributed by atoms with Gasteiger partial charge in [-0.2, -0.15) is 0 Å². The quantitative estimate of drug-likeness (QED) is 0.742. The second-order valence-corrected chi connectivity index (χ2v) is 7.20. The topological polar surface area (TPSA) is 67.3 Å². The summed E-state index contributed by atoms with van der Waals surface area (Å²) in [4.78, 5) is 24.1. The van der Waals surface area contributed by atoms with E-state index in [-0.39, 0.29) is 5.91 Å². The molecular weight excluding hydrogens is 352 g/mol. The van der Waals surface area contributed by atoms with Gasteiger partial charge in [-0.05, 0) is 50.1 Å². The van der Waals surface area contributed by atoms with Crippen LogP contribution in [0.15, 0.2) is 54.9 Å². The molecule has 1 amide bonds. The molecule has 0 radical (unpaired) electrons. The standard InChI is InChI=1S/C22H20N4O2/c1-14-4-8-17(9-5-14)28-13-15-10-12-24-21-19(15)25-22(27)18-3-2-11-23-20(18)26(21)16-6-7-16/h2-5,8-12,16H,6-7,13H2,1H3,(H,25,27). The molecule has 1 fully saturated rings. The molecule has 140 valence electrons. The van der Waals surface area contributed by atoms with Crippen LogP contribution in [0.5, 0.6) is 5.75 Å². The fourth-order valence-electron chi connectivity index (χ4n) is 3.45. The number of anilines is 3. The molecule has 1 saturated carbocycles. The Balaban J connectivity index is 1.53. The molecule has 2 aliphatic rings.